The van der Waals surface area contributed by atoms with Crippen LogP contribution in [0.5, 0.6) is 0 Å². The number of pyridine rings is 1. The molecule has 0 fully saturated rings. The highest BCUT2D eigenvalue weighted by Gasteiger charge is 2.32. The molecule has 168 valence electrons. The molecule has 0 saturated heterocycles. The first-order valence-corrected chi connectivity index (χ1v) is 11.0. The second-order valence-electron chi connectivity index (χ2n) is 7.15. The molecule has 0 saturated carbocycles. The molecule has 13 heteroatoms. The van der Waals surface area contributed by atoms with Crippen molar-refractivity contribution in [2.75, 3.05) is 19.8 Å². The van der Waals surface area contributed by atoms with Gasteiger partial charge in [0.2, 0.25) is 0 Å². The third kappa shape index (κ3) is 3.47. The molecule has 0 spiro atoms. The number of alkyl halides is 3. The number of hydrogen-bond donors (Lipinski definition) is 0. The molecule has 0 atom stereocenters. The molecule has 9 nitrogen and oxygen atoms in total. The summed E-state index contributed by atoms with van der Waals surface area (Å²) in [4.78, 5) is 22.3. The van der Waals surface area contributed by atoms with Crippen LogP contribution in [0.1, 0.15) is 23.0 Å². The number of fused-ring (bicyclic) bond motifs is 2. The minimum absolute atomic E-state index is 0.0116. The molecule has 0 aliphatic heterocycles. The standard InChI is InChI=1S/C19H17F3N6O3S/c1-4-32(30,31)17-15(16-23-7-5-13(28(16)25-17)18(29)26(2)3)12-10-27-8-6-11(19(20,21)22)9-14(27)24-12/h5-10H,4H2,1-3H3. The Labute approximate surface area is 180 Å². The maximum atomic E-state index is 13.1. The first-order valence-electron chi connectivity index (χ1n) is 9.32. The highest BCUT2D eigenvalue weighted by molar-refractivity contribution is 7.91. The molecule has 0 bridgehead atoms. The Bertz CT molecular complexity index is 1470. The Morgan fingerprint density at radius 2 is 1.94 bits per heavy atom. The molecular weight excluding hydrogens is 449 g/mol. The van der Waals surface area contributed by atoms with E-state index in [-0.39, 0.29) is 39.0 Å². The van der Waals surface area contributed by atoms with Crippen LogP contribution >= 0.6 is 0 Å². The average molecular weight is 466 g/mol. The Morgan fingerprint density at radius 3 is 2.56 bits per heavy atom. The Kier molecular flexibility index (Phi) is 4.95. The maximum absolute atomic E-state index is 13.1. The summed E-state index contributed by atoms with van der Waals surface area (Å²) in [6.07, 6.45) is -0.652. The van der Waals surface area contributed by atoms with E-state index in [1.165, 1.54) is 55.0 Å². The lowest BCUT2D eigenvalue weighted by Gasteiger charge is -2.10. The zero-order valence-electron chi connectivity index (χ0n) is 17.1. The van der Waals surface area contributed by atoms with E-state index < -0.39 is 27.5 Å². The third-order valence-electron chi connectivity index (χ3n) is 4.83. The summed E-state index contributed by atoms with van der Waals surface area (Å²) in [6, 6.07) is 3.15. The largest absolute Gasteiger partial charge is 0.416 e. The number of nitrogens with zero attached hydrogens (tertiary/aromatic N) is 6. The number of aromatic nitrogens is 5. The summed E-state index contributed by atoms with van der Waals surface area (Å²) in [5.41, 5.74) is -0.730. The van der Waals surface area contributed by atoms with Crippen molar-refractivity contribution < 1.29 is 26.4 Å². The predicted octanol–water partition coefficient (Wildman–Crippen LogP) is 2.56. The van der Waals surface area contributed by atoms with Gasteiger partial charge >= 0.3 is 6.18 Å². The van der Waals surface area contributed by atoms with Crippen LogP contribution in [-0.4, -0.2) is 63.1 Å². The number of imidazole rings is 1. The van der Waals surface area contributed by atoms with Gasteiger partial charge in [-0.2, -0.15) is 18.3 Å². The molecule has 1 amide bonds. The van der Waals surface area contributed by atoms with Gasteiger partial charge in [-0.05, 0) is 18.2 Å². The van der Waals surface area contributed by atoms with E-state index in [0.29, 0.717) is 0 Å². The smallest absolute Gasteiger partial charge is 0.343 e. The summed E-state index contributed by atoms with van der Waals surface area (Å²) in [6.45, 7) is 1.43. The summed E-state index contributed by atoms with van der Waals surface area (Å²) < 4.78 is 67.3. The van der Waals surface area contributed by atoms with Crippen LogP contribution in [0.2, 0.25) is 0 Å². The predicted molar refractivity (Wildman–Crippen MR) is 108 cm³/mol. The number of carbonyl (C=O) groups excluding carboxylic acids is 1. The highest BCUT2D eigenvalue weighted by Crippen LogP contribution is 2.33. The zero-order chi connectivity index (χ0) is 23.4. The number of rotatable bonds is 4. The van der Waals surface area contributed by atoms with E-state index in [1.54, 1.807) is 0 Å². The van der Waals surface area contributed by atoms with Crippen LogP contribution in [0.4, 0.5) is 13.2 Å². The Hall–Kier alpha value is -3.48. The zero-order valence-corrected chi connectivity index (χ0v) is 17.9. The van der Waals surface area contributed by atoms with Crippen molar-refractivity contribution in [2.24, 2.45) is 0 Å². The van der Waals surface area contributed by atoms with Gasteiger partial charge in [0.15, 0.2) is 20.5 Å². The maximum Gasteiger partial charge on any atom is 0.416 e. The average Bonchev–Trinajstić information content (AvgIpc) is 3.33. The van der Waals surface area contributed by atoms with Gasteiger partial charge in [-0.3, -0.25) is 4.79 Å². The molecule has 0 aromatic carbocycles. The van der Waals surface area contributed by atoms with Gasteiger partial charge in [-0.15, -0.1) is 0 Å². The van der Waals surface area contributed by atoms with E-state index in [4.69, 9.17) is 0 Å². The summed E-state index contributed by atoms with van der Waals surface area (Å²) in [5, 5.41) is 3.80. The van der Waals surface area contributed by atoms with Gasteiger partial charge in [0, 0.05) is 32.7 Å². The number of hydrogen-bond acceptors (Lipinski definition) is 6. The van der Waals surface area contributed by atoms with Crippen LogP contribution in [0.3, 0.4) is 0 Å². The normalized spacial score (nSPS) is 12.6. The number of amides is 1. The topological polar surface area (TPSA) is 102 Å². The van der Waals surface area contributed by atoms with Gasteiger partial charge in [-0.1, -0.05) is 6.92 Å². The van der Waals surface area contributed by atoms with Gasteiger partial charge in [0.05, 0.1) is 22.6 Å². The van der Waals surface area contributed by atoms with Gasteiger partial charge in [-0.25, -0.2) is 22.9 Å². The van der Waals surface area contributed by atoms with Crippen LogP contribution in [-0.2, 0) is 16.0 Å². The monoisotopic (exact) mass is 466 g/mol. The van der Waals surface area contributed by atoms with Crippen LogP contribution < -0.4 is 0 Å². The van der Waals surface area contributed by atoms with Crippen molar-refractivity contribution in [3.63, 3.8) is 0 Å². The van der Waals surface area contributed by atoms with Crippen LogP contribution in [0.25, 0.3) is 22.6 Å². The molecule has 0 aliphatic carbocycles. The quantitative estimate of drug-likeness (QED) is 0.458. The lowest BCUT2D eigenvalue weighted by Crippen LogP contribution is -2.24. The molecule has 4 rings (SSSR count). The third-order valence-corrected chi connectivity index (χ3v) is 6.46. The first-order chi connectivity index (χ1) is 14.9. The SMILES string of the molecule is CCS(=O)(=O)c1nn2c(C(=O)N(C)C)ccnc2c1-c1cn2ccc(C(F)(F)F)cc2n1. The fraction of sp³-hybridized carbons (Fsp3) is 0.263. The molecule has 0 N–H and O–H groups in total. The van der Waals surface area contributed by atoms with E-state index in [0.717, 1.165) is 16.6 Å². The van der Waals surface area contributed by atoms with Crippen molar-refractivity contribution in [3.8, 4) is 11.3 Å². The van der Waals surface area contributed by atoms with Gasteiger partial charge in [0.25, 0.3) is 5.91 Å². The van der Waals surface area contributed by atoms with E-state index >= 15 is 0 Å². The Balaban J connectivity index is 2.04. The minimum atomic E-state index is -4.56. The van der Waals surface area contributed by atoms with E-state index in [2.05, 4.69) is 15.1 Å². The fourth-order valence-electron chi connectivity index (χ4n) is 3.17. The lowest BCUT2D eigenvalue weighted by atomic mass is 10.2. The van der Waals surface area contributed by atoms with Crippen molar-refractivity contribution in [1.29, 1.82) is 0 Å². The number of sulfone groups is 1. The molecule has 0 radical (unpaired) electrons. The van der Waals surface area contributed by atoms with Crippen molar-refractivity contribution in [3.05, 3.63) is 48.0 Å². The number of carbonyl (C=O) groups is 1. The van der Waals surface area contributed by atoms with E-state index in [1.807, 2.05) is 0 Å². The molecule has 0 unspecified atom stereocenters. The lowest BCUT2D eigenvalue weighted by molar-refractivity contribution is -0.137. The molecule has 0 aliphatic rings. The fourth-order valence-corrected chi connectivity index (χ4v) is 4.16. The van der Waals surface area contributed by atoms with Crippen molar-refractivity contribution in [1.82, 2.24) is 28.9 Å². The molecule has 4 aromatic rings. The molecule has 32 heavy (non-hydrogen) atoms. The second-order valence-corrected chi connectivity index (χ2v) is 9.35. The minimum Gasteiger partial charge on any atom is -0.343 e. The van der Waals surface area contributed by atoms with Gasteiger partial charge in [0.1, 0.15) is 11.3 Å². The van der Waals surface area contributed by atoms with Crippen molar-refractivity contribution >= 4 is 27.0 Å². The molecule has 4 heterocycles. The van der Waals surface area contributed by atoms with Crippen LogP contribution in [0.15, 0.2) is 41.8 Å². The first kappa shape index (κ1) is 21.7. The highest BCUT2D eigenvalue weighted by atomic mass is 32.2. The molecule has 4 aromatic heterocycles. The second kappa shape index (κ2) is 7.29. The Morgan fingerprint density at radius 1 is 1.22 bits per heavy atom. The van der Waals surface area contributed by atoms with E-state index in [9.17, 15) is 26.4 Å². The van der Waals surface area contributed by atoms with Crippen LogP contribution in [0, 0.1) is 0 Å². The summed E-state index contributed by atoms with van der Waals surface area (Å²) in [7, 11) is -0.835. The molecular formula is C19H17F3N6O3S. The summed E-state index contributed by atoms with van der Waals surface area (Å²) in [5.74, 6) is -0.719. The number of halogens is 3. The summed E-state index contributed by atoms with van der Waals surface area (Å²) >= 11 is 0. The van der Waals surface area contributed by atoms with Gasteiger partial charge < -0.3 is 9.30 Å². The van der Waals surface area contributed by atoms with Crippen molar-refractivity contribution in [2.45, 2.75) is 18.1 Å².